The molecule has 29 heavy (non-hydrogen) atoms. The molecular formula is C21H16BrClN2O3S. The van der Waals surface area contributed by atoms with Crippen LogP contribution in [0.1, 0.15) is 15.9 Å². The summed E-state index contributed by atoms with van der Waals surface area (Å²) in [6.45, 7) is 0.339. The number of carbonyl (C=O) groups excluding carboxylic acids is 1. The fourth-order valence-corrected chi connectivity index (χ4v) is 5.67. The van der Waals surface area contributed by atoms with E-state index in [9.17, 15) is 13.2 Å². The molecule has 148 valence electrons. The highest BCUT2D eigenvalue weighted by molar-refractivity contribution is 9.10. The molecule has 0 atom stereocenters. The maximum atomic E-state index is 13.3. The zero-order valence-corrected chi connectivity index (χ0v) is 18.3. The van der Waals surface area contributed by atoms with E-state index in [1.165, 1.54) is 22.5 Å². The predicted octanol–water partition coefficient (Wildman–Crippen LogP) is 5.11. The summed E-state index contributed by atoms with van der Waals surface area (Å²) in [5, 5.41) is 2.85. The third-order valence-corrected chi connectivity index (χ3v) is 7.71. The fourth-order valence-electron chi connectivity index (χ4n) is 3.28. The summed E-state index contributed by atoms with van der Waals surface area (Å²) in [5.41, 5.74) is 2.41. The van der Waals surface area contributed by atoms with Crippen molar-refractivity contribution in [1.82, 2.24) is 0 Å². The molecular weight excluding hydrogens is 476 g/mol. The molecule has 3 aromatic carbocycles. The van der Waals surface area contributed by atoms with Crippen LogP contribution in [0.25, 0.3) is 0 Å². The summed E-state index contributed by atoms with van der Waals surface area (Å²) in [6, 6.07) is 18.8. The van der Waals surface area contributed by atoms with Crippen LogP contribution in [0.15, 0.2) is 76.1 Å². The minimum Gasteiger partial charge on any atom is -0.321 e. The van der Waals surface area contributed by atoms with E-state index in [1.807, 2.05) is 18.2 Å². The largest absolute Gasteiger partial charge is 0.321 e. The van der Waals surface area contributed by atoms with Gasteiger partial charge in [-0.15, -0.1) is 0 Å². The van der Waals surface area contributed by atoms with Crippen LogP contribution in [-0.4, -0.2) is 20.9 Å². The lowest BCUT2D eigenvalue weighted by molar-refractivity contribution is 0.102. The van der Waals surface area contributed by atoms with Crippen LogP contribution in [0.5, 0.6) is 0 Å². The first kappa shape index (κ1) is 19.9. The van der Waals surface area contributed by atoms with Gasteiger partial charge in [-0.1, -0.05) is 41.9 Å². The van der Waals surface area contributed by atoms with E-state index < -0.39 is 15.9 Å². The molecule has 1 aliphatic heterocycles. The van der Waals surface area contributed by atoms with Gasteiger partial charge in [0.15, 0.2) is 0 Å². The summed E-state index contributed by atoms with van der Waals surface area (Å²) < 4.78 is 28.7. The lowest BCUT2D eigenvalue weighted by atomic mass is 10.2. The Morgan fingerprint density at radius 2 is 1.76 bits per heavy atom. The van der Waals surface area contributed by atoms with Crippen molar-refractivity contribution in [3.8, 4) is 0 Å². The number of para-hydroxylation sites is 2. The Kier molecular flexibility index (Phi) is 5.38. The molecule has 0 unspecified atom stereocenters. The molecule has 0 fully saturated rings. The monoisotopic (exact) mass is 490 g/mol. The van der Waals surface area contributed by atoms with Gasteiger partial charge >= 0.3 is 0 Å². The van der Waals surface area contributed by atoms with Crippen LogP contribution in [0.3, 0.4) is 0 Å². The fraction of sp³-hybridized carbons (Fsp3) is 0.0952. The second kappa shape index (κ2) is 7.82. The molecule has 0 spiro atoms. The Bertz CT molecular complexity index is 1210. The Morgan fingerprint density at radius 1 is 1.03 bits per heavy atom. The molecule has 0 radical (unpaired) electrons. The number of benzene rings is 3. The highest BCUT2D eigenvalue weighted by atomic mass is 79.9. The van der Waals surface area contributed by atoms with Gasteiger partial charge < -0.3 is 5.32 Å². The molecule has 3 aromatic rings. The van der Waals surface area contributed by atoms with Crippen molar-refractivity contribution in [3.05, 3.63) is 87.4 Å². The van der Waals surface area contributed by atoms with Crippen LogP contribution in [0.4, 0.5) is 11.4 Å². The molecule has 8 heteroatoms. The quantitative estimate of drug-likeness (QED) is 0.552. The van der Waals surface area contributed by atoms with Crippen molar-refractivity contribution in [2.24, 2.45) is 0 Å². The number of hydrogen-bond acceptors (Lipinski definition) is 3. The lowest BCUT2D eigenvalue weighted by Crippen LogP contribution is -2.29. The second-order valence-corrected chi connectivity index (χ2v) is 9.63. The van der Waals surface area contributed by atoms with Gasteiger partial charge in [-0.05, 0) is 64.3 Å². The van der Waals surface area contributed by atoms with Gasteiger partial charge in [-0.2, -0.15) is 0 Å². The van der Waals surface area contributed by atoms with E-state index in [-0.39, 0.29) is 15.5 Å². The molecule has 4 rings (SSSR count). The van der Waals surface area contributed by atoms with Crippen molar-refractivity contribution in [2.45, 2.75) is 11.3 Å². The number of nitrogens with one attached hydrogen (secondary N) is 1. The molecule has 1 amide bonds. The molecule has 1 aliphatic rings. The van der Waals surface area contributed by atoms with Crippen molar-refractivity contribution in [1.29, 1.82) is 0 Å². The van der Waals surface area contributed by atoms with E-state index in [4.69, 9.17) is 11.6 Å². The molecule has 1 N–H and O–H groups in total. The first-order chi connectivity index (χ1) is 13.9. The van der Waals surface area contributed by atoms with Gasteiger partial charge in [-0.3, -0.25) is 9.10 Å². The number of sulfonamides is 1. The second-order valence-electron chi connectivity index (χ2n) is 6.54. The number of fused-ring (bicyclic) bond motifs is 1. The standard InChI is InChI=1S/C21H16BrClN2O3S/c22-16-6-2-3-7-18(16)24-21(26)15-9-10-17(23)20(13-15)29(27,28)25-12-11-14-5-1-4-8-19(14)25/h1-10,13H,11-12H2,(H,24,26). The van der Waals surface area contributed by atoms with Gasteiger partial charge in [0, 0.05) is 16.6 Å². The van der Waals surface area contributed by atoms with Crippen LogP contribution < -0.4 is 9.62 Å². The molecule has 5 nitrogen and oxygen atoms in total. The maximum Gasteiger partial charge on any atom is 0.265 e. The highest BCUT2D eigenvalue weighted by Crippen LogP contribution is 2.35. The maximum absolute atomic E-state index is 13.3. The van der Waals surface area contributed by atoms with Crippen molar-refractivity contribution in [2.75, 3.05) is 16.2 Å². The SMILES string of the molecule is O=C(Nc1ccccc1Br)c1ccc(Cl)c(S(=O)(=O)N2CCc3ccccc32)c1. The van der Waals surface area contributed by atoms with Gasteiger partial charge in [0.25, 0.3) is 15.9 Å². The predicted molar refractivity (Wildman–Crippen MR) is 118 cm³/mol. The summed E-state index contributed by atoms with van der Waals surface area (Å²) in [4.78, 5) is 12.6. The van der Waals surface area contributed by atoms with E-state index in [1.54, 1.807) is 30.3 Å². The zero-order valence-electron chi connectivity index (χ0n) is 15.1. The topological polar surface area (TPSA) is 66.5 Å². The molecule has 0 aliphatic carbocycles. The van der Waals surface area contributed by atoms with Gasteiger partial charge in [0.05, 0.1) is 16.4 Å². The van der Waals surface area contributed by atoms with Crippen LogP contribution >= 0.6 is 27.5 Å². The van der Waals surface area contributed by atoms with E-state index in [2.05, 4.69) is 21.2 Å². The van der Waals surface area contributed by atoms with Crippen molar-refractivity contribution < 1.29 is 13.2 Å². The van der Waals surface area contributed by atoms with Crippen LogP contribution in [-0.2, 0) is 16.4 Å². The Morgan fingerprint density at radius 3 is 2.55 bits per heavy atom. The van der Waals surface area contributed by atoms with E-state index >= 15 is 0 Å². The number of carbonyl (C=O) groups is 1. The number of hydrogen-bond donors (Lipinski definition) is 1. The van der Waals surface area contributed by atoms with Gasteiger partial charge in [0.1, 0.15) is 4.90 Å². The number of halogens is 2. The smallest absolute Gasteiger partial charge is 0.265 e. The van der Waals surface area contributed by atoms with Crippen molar-refractivity contribution in [3.63, 3.8) is 0 Å². The molecule has 0 bridgehead atoms. The Hall–Kier alpha value is -2.35. The van der Waals surface area contributed by atoms with E-state index in [0.717, 1.165) is 10.0 Å². The summed E-state index contributed by atoms with van der Waals surface area (Å²) in [6.07, 6.45) is 0.634. The Balaban J connectivity index is 1.69. The first-order valence-corrected chi connectivity index (χ1v) is 11.4. The van der Waals surface area contributed by atoms with Crippen molar-refractivity contribution >= 4 is 54.8 Å². The average molecular weight is 492 g/mol. The average Bonchev–Trinajstić information content (AvgIpc) is 3.15. The molecule has 0 saturated carbocycles. The minimum atomic E-state index is -3.91. The zero-order chi connectivity index (χ0) is 20.6. The third kappa shape index (κ3) is 3.77. The number of anilines is 2. The Labute approximate surface area is 182 Å². The molecule has 1 heterocycles. The number of amides is 1. The minimum absolute atomic E-state index is 0.0758. The number of rotatable bonds is 4. The van der Waals surface area contributed by atoms with Gasteiger partial charge in [-0.25, -0.2) is 8.42 Å². The normalized spacial score (nSPS) is 13.2. The summed E-state index contributed by atoms with van der Waals surface area (Å²) in [5.74, 6) is -0.424. The molecule has 0 aromatic heterocycles. The third-order valence-electron chi connectivity index (χ3n) is 4.73. The first-order valence-electron chi connectivity index (χ1n) is 8.84. The highest BCUT2D eigenvalue weighted by Gasteiger charge is 2.32. The van der Waals surface area contributed by atoms with Gasteiger partial charge in [0.2, 0.25) is 0 Å². The van der Waals surface area contributed by atoms with Crippen LogP contribution in [0.2, 0.25) is 5.02 Å². The molecule has 0 saturated heterocycles. The van der Waals surface area contributed by atoms with Crippen LogP contribution in [0, 0.1) is 0 Å². The summed E-state index contributed by atoms with van der Waals surface area (Å²) in [7, 11) is -3.91. The number of nitrogens with zero attached hydrogens (tertiary/aromatic N) is 1. The summed E-state index contributed by atoms with van der Waals surface area (Å²) >= 11 is 9.61. The lowest BCUT2D eigenvalue weighted by Gasteiger charge is -2.20. The van der Waals surface area contributed by atoms with E-state index in [0.29, 0.717) is 24.3 Å².